The molecular formula is C7H12N6O. The van der Waals surface area contributed by atoms with Crippen LogP contribution < -0.4 is 21.6 Å². The first-order chi connectivity index (χ1) is 6.79. The van der Waals surface area contributed by atoms with Crippen molar-refractivity contribution in [3.8, 4) is 0 Å². The Hall–Kier alpha value is -1.63. The average Bonchev–Trinajstić information content (AvgIpc) is 2.23. The molecule has 0 atom stereocenters. The molecule has 1 fully saturated rings. The fourth-order valence-corrected chi connectivity index (χ4v) is 1.42. The van der Waals surface area contributed by atoms with Gasteiger partial charge in [0, 0.05) is 26.2 Å². The van der Waals surface area contributed by atoms with Gasteiger partial charge in [-0.15, -0.1) is 10.2 Å². The fourth-order valence-electron chi connectivity index (χ4n) is 1.42. The van der Waals surface area contributed by atoms with Crippen LogP contribution in [0.1, 0.15) is 0 Å². The van der Waals surface area contributed by atoms with Crippen molar-refractivity contribution in [2.24, 2.45) is 0 Å². The highest BCUT2D eigenvalue weighted by atomic mass is 16.1. The third kappa shape index (κ3) is 1.53. The van der Waals surface area contributed by atoms with E-state index in [2.05, 4.69) is 15.5 Å². The maximum absolute atomic E-state index is 11.2. The zero-order chi connectivity index (χ0) is 9.97. The van der Waals surface area contributed by atoms with Crippen LogP contribution in [0, 0.1) is 0 Å². The average molecular weight is 196 g/mol. The molecule has 14 heavy (non-hydrogen) atoms. The summed E-state index contributed by atoms with van der Waals surface area (Å²) in [5.74, 6) is 5.98. The van der Waals surface area contributed by atoms with Crippen molar-refractivity contribution in [2.75, 3.05) is 36.9 Å². The smallest absolute Gasteiger partial charge is 0.292 e. The van der Waals surface area contributed by atoms with Crippen molar-refractivity contribution < 1.29 is 0 Å². The largest absolute Gasteiger partial charge is 0.337 e. The second-order valence-corrected chi connectivity index (χ2v) is 3.09. The number of rotatable bonds is 1. The van der Waals surface area contributed by atoms with Gasteiger partial charge >= 0.3 is 0 Å². The lowest BCUT2D eigenvalue weighted by molar-refractivity contribution is 0.567. The van der Waals surface area contributed by atoms with Gasteiger partial charge in [-0.25, -0.2) is 0 Å². The Bertz CT molecular complexity index is 369. The summed E-state index contributed by atoms with van der Waals surface area (Å²) >= 11 is 0. The number of anilines is 1. The summed E-state index contributed by atoms with van der Waals surface area (Å²) in [5, 5.41) is 10.6. The molecule has 1 aliphatic rings. The van der Waals surface area contributed by atoms with Gasteiger partial charge < -0.3 is 16.1 Å². The number of nitrogens with one attached hydrogen (secondary N) is 1. The first kappa shape index (κ1) is 8.95. The number of nitrogens with zero attached hydrogens (tertiary/aromatic N) is 4. The van der Waals surface area contributed by atoms with Gasteiger partial charge in [-0.3, -0.25) is 4.79 Å². The van der Waals surface area contributed by atoms with Gasteiger partial charge in [-0.05, 0) is 0 Å². The zero-order valence-electron chi connectivity index (χ0n) is 7.68. The number of nitrogens with two attached hydrogens (primary N) is 1. The van der Waals surface area contributed by atoms with Crippen LogP contribution in [-0.4, -0.2) is 41.1 Å². The molecular weight excluding hydrogens is 184 g/mol. The molecule has 3 N–H and O–H groups in total. The lowest BCUT2D eigenvalue weighted by Gasteiger charge is -2.28. The molecule has 0 saturated carbocycles. The number of piperazine rings is 1. The van der Waals surface area contributed by atoms with E-state index in [1.54, 1.807) is 0 Å². The maximum atomic E-state index is 11.2. The van der Waals surface area contributed by atoms with E-state index >= 15 is 0 Å². The first-order valence-electron chi connectivity index (χ1n) is 4.44. The molecule has 0 aromatic carbocycles. The third-order valence-corrected chi connectivity index (χ3v) is 2.17. The maximum Gasteiger partial charge on any atom is 0.292 e. The summed E-state index contributed by atoms with van der Waals surface area (Å²) in [7, 11) is 0. The normalized spacial score (nSPS) is 17.0. The first-order valence-corrected chi connectivity index (χ1v) is 4.44. The Morgan fingerprint density at radius 3 is 2.86 bits per heavy atom. The Kier molecular flexibility index (Phi) is 2.32. The number of hydrogen-bond donors (Lipinski definition) is 2. The van der Waals surface area contributed by atoms with Crippen LogP contribution in [-0.2, 0) is 0 Å². The van der Waals surface area contributed by atoms with Crippen molar-refractivity contribution >= 4 is 5.95 Å². The van der Waals surface area contributed by atoms with E-state index in [4.69, 9.17) is 5.84 Å². The number of aromatic nitrogens is 3. The summed E-state index contributed by atoms with van der Waals surface area (Å²) in [6, 6.07) is 0. The predicted octanol–water partition coefficient (Wildman–Crippen LogP) is -2.24. The van der Waals surface area contributed by atoms with Gasteiger partial charge in [0.25, 0.3) is 5.56 Å². The van der Waals surface area contributed by atoms with Gasteiger partial charge in [0.1, 0.15) is 6.20 Å². The van der Waals surface area contributed by atoms with Gasteiger partial charge in [0.15, 0.2) is 0 Å². The van der Waals surface area contributed by atoms with E-state index in [0.717, 1.165) is 37.1 Å². The topological polar surface area (TPSA) is 89.1 Å². The van der Waals surface area contributed by atoms with Crippen LogP contribution in [0.3, 0.4) is 0 Å². The molecule has 2 rings (SSSR count). The minimum absolute atomic E-state index is 0.339. The summed E-state index contributed by atoms with van der Waals surface area (Å²) in [5.41, 5.74) is -0.339. The number of hydrogen-bond acceptors (Lipinski definition) is 6. The lowest BCUT2D eigenvalue weighted by Crippen LogP contribution is -2.47. The van der Waals surface area contributed by atoms with Crippen LogP contribution in [0.15, 0.2) is 11.0 Å². The molecule has 1 aromatic rings. The van der Waals surface area contributed by atoms with Gasteiger partial charge in [-0.1, -0.05) is 0 Å². The minimum atomic E-state index is -0.339. The Balaban J connectivity index is 2.30. The molecule has 76 valence electrons. The quantitative estimate of drug-likeness (QED) is 0.494. The van der Waals surface area contributed by atoms with E-state index in [1.165, 1.54) is 0 Å². The van der Waals surface area contributed by atoms with Crippen molar-refractivity contribution in [1.29, 1.82) is 0 Å². The second-order valence-electron chi connectivity index (χ2n) is 3.09. The van der Waals surface area contributed by atoms with Gasteiger partial charge in [0.05, 0.1) is 0 Å². The predicted molar refractivity (Wildman–Crippen MR) is 51.5 cm³/mol. The molecule has 1 aromatic heterocycles. The number of nitrogen functional groups attached to an aromatic ring is 1. The van der Waals surface area contributed by atoms with Gasteiger partial charge in [-0.2, -0.15) is 4.68 Å². The molecule has 0 radical (unpaired) electrons. The fraction of sp³-hybridized carbons (Fsp3) is 0.571. The van der Waals surface area contributed by atoms with Crippen molar-refractivity contribution in [3.05, 3.63) is 16.6 Å². The van der Waals surface area contributed by atoms with E-state index in [9.17, 15) is 4.79 Å². The Labute approximate surface area is 80.5 Å². The summed E-state index contributed by atoms with van der Waals surface area (Å²) in [6.07, 6.45) is 1.10. The van der Waals surface area contributed by atoms with E-state index in [0.29, 0.717) is 5.95 Å². The highest BCUT2D eigenvalue weighted by molar-refractivity contribution is 5.29. The van der Waals surface area contributed by atoms with Crippen molar-refractivity contribution in [1.82, 2.24) is 20.2 Å². The SMILES string of the molecule is Nn1c(N2CCNCC2)nncc1=O. The summed E-state index contributed by atoms with van der Waals surface area (Å²) in [6.45, 7) is 3.31. The van der Waals surface area contributed by atoms with Crippen LogP contribution in [0.5, 0.6) is 0 Å². The molecule has 0 spiro atoms. The molecule has 0 aliphatic carbocycles. The molecule has 0 amide bonds. The van der Waals surface area contributed by atoms with Crippen LogP contribution in [0.4, 0.5) is 5.95 Å². The monoisotopic (exact) mass is 196 g/mol. The molecule has 1 aliphatic heterocycles. The highest BCUT2D eigenvalue weighted by Gasteiger charge is 2.15. The molecule has 1 saturated heterocycles. The van der Waals surface area contributed by atoms with E-state index < -0.39 is 0 Å². The minimum Gasteiger partial charge on any atom is -0.337 e. The van der Waals surface area contributed by atoms with Crippen LogP contribution in [0.2, 0.25) is 0 Å². The summed E-state index contributed by atoms with van der Waals surface area (Å²) in [4.78, 5) is 13.1. The standard InChI is InChI=1S/C7H12N6O/c8-13-6(14)5-10-11-7(13)12-3-1-9-2-4-12/h5,9H,1-4,8H2. The molecule has 2 heterocycles. The molecule has 7 nitrogen and oxygen atoms in total. The zero-order valence-corrected chi connectivity index (χ0v) is 7.68. The third-order valence-electron chi connectivity index (χ3n) is 2.17. The van der Waals surface area contributed by atoms with Crippen molar-refractivity contribution in [3.63, 3.8) is 0 Å². The summed E-state index contributed by atoms with van der Waals surface area (Å²) < 4.78 is 1.03. The van der Waals surface area contributed by atoms with E-state index in [-0.39, 0.29) is 5.56 Å². The molecule has 0 unspecified atom stereocenters. The van der Waals surface area contributed by atoms with Crippen LogP contribution >= 0.6 is 0 Å². The molecule has 7 heteroatoms. The van der Waals surface area contributed by atoms with Crippen molar-refractivity contribution in [2.45, 2.75) is 0 Å². The van der Waals surface area contributed by atoms with E-state index in [1.807, 2.05) is 4.90 Å². The van der Waals surface area contributed by atoms with Gasteiger partial charge in [0.2, 0.25) is 5.95 Å². The van der Waals surface area contributed by atoms with Crippen LogP contribution in [0.25, 0.3) is 0 Å². The Morgan fingerprint density at radius 1 is 1.43 bits per heavy atom. The second kappa shape index (κ2) is 3.62. The highest BCUT2D eigenvalue weighted by Crippen LogP contribution is 2.04. The lowest BCUT2D eigenvalue weighted by atomic mass is 10.4. The Morgan fingerprint density at radius 2 is 2.14 bits per heavy atom. The molecule has 0 bridgehead atoms.